The lowest BCUT2D eigenvalue weighted by molar-refractivity contribution is -0.101. The topological polar surface area (TPSA) is 62.9 Å². The van der Waals surface area contributed by atoms with Crippen molar-refractivity contribution in [3.05, 3.63) is 23.2 Å². The number of imidazole rings is 1. The van der Waals surface area contributed by atoms with E-state index in [1.54, 1.807) is 6.20 Å². The number of fused-ring (bicyclic) bond motifs is 1. The van der Waals surface area contributed by atoms with Crippen molar-refractivity contribution in [2.24, 2.45) is 0 Å². The summed E-state index contributed by atoms with van der Waals surface area (Å²) in [5.41, 5.74) is 0.474. The van der Waals surface area contributed by atoms with E-state index < -0.39 is 0 Å². The third-order valence-corrected chi connectivity index (χ3v) is 3.69. The number of aliphatic hydroxyl groups is 1. The molecule has 1 atom stereocenters. The highest BCUT2D eigenvalue weighted by molar-refractivity contribution is 9.10. The van der Waals surface area contributed by atoms with Gasteiger partial charge >= 0.3 is 0 Å². The zero-order chi connectivity index (χ0) is 14.3. The predicted octanol–water partition coefficient (Wildman–Crippen LogP) is 1.47. The molecule has 0 amide bonds. The number of aliphatic hydroxyl groups excluding tert-OH is 1. The fourth-order valence-electron chi connectivity index (χ4n) is 2.65. The Labute approximate surface area is 125 Å². The van der Waals surface area contributed by atoms with Crippen molar-refractivity contribution in [2.45, 2.75) is 25.6 Å². The molecular weight excluding hydrogens is 324 g/mol. The van der Waals surface area contributed by atoms with Crippen LogP contribution in [-0.2, 0) is 4.74 Å². The number of anilines is 1. The minimum atomic E-state index is -0.334. The summed E-state index contributed by atoms with van der Waals surface area (Å²) >= 11 is 3.43. The predicted molar refractivity (Wildman–Crippen MR) is 78.9 cm³/mol. The Morgan fingerprint density at radius 2 is 2.35 bits per heavy atom. The van der Waals surface area contributed by atoms with E-state index in [9.17, 15) is 5.11 Å². The monoisotopic (exact) mass is 340 g/mol. The molecule has 7 heteroatoms. The van der Waals surface area contributed by atoms with Gasteiger partial charge in [0.15, 0.2) is 11.5 Å². The number of hydrogen-bond donors (Lipinski definition) is 1. The molecule has 0 spiro atoms. The van der Waals surface area contributed by atoms with Gasteiger partial charge in [-0.15, -0.1) is 0 Å². The van der Waals surface area contributed by atoms with Crippen LogP contribution in [0.15, 0.2) is 23.2 Å². The van der Waals surface area contributed by atoms with Crippen molar-refractivity contribution in [1.29, 1.82) is 0 Å². The maximum Gasteiger partial charge on any atom is 0.180 e. The van der Waals surface area contributed by atoms with Crippen LogP contribution in [-0.4, -0.2) is 50.9 Å². The van der Waals surface area contributed by atoms with Gasteiger partial charge in [-0.25, -0.2) is 9.97 Å². The smallest absolute Gasteiger partial charge is 0.180 e. The van der Waals surface area contributed by atoms with Gasteiger partial charge in [0.05, 0.1) is 18.3 Å². The number of halogens is 1. The van der Waals surface area contributed by atoms with E-state index in [1.807, 2.05) is 30.6 Å². The third kappa shape index (κ3) is 2.53. The van der Waals surface area contributed by atoms with Crippen molar-refractivity contribution in [2.75, 3.05) is 24.6 Å². The van der Waals surface area contributed by atoms with E-state index in [0.29, 0.717) is 13.1 Å². The Bertz CT molecular complexity index is 628. The number of ether oxygens (including phenoxy) is 1. The van der Waals surface area contributed by atoms with Crippen LogP contribution in [0.3, 0.4) is 0 Å². The summed E-state index contributed by atoms with van der Waals surface area (Å²) in [7, 11) is 0. The summed E-state index contributed by atoms with van der Waals surface area (Å²) in [6.45, 7) is 5.34. The summed E-state index contributed by atoms with van der Waals surface area (Å²) in [6.07, 6.45) is 5.30. The van der Waals surface area contributed by atoms with Gasteiger partial charge in [-0.3, -0.25) is 0 Å². The quantitative estimate of drug-likeness (QED) is 0.896. The molecule has 0 aliphatic carbocycles. The first-order valence-corrected chi connectivity index (χ1v) is 7.31. The molecular formula is C13H17BrN4O2. The lowest BCUT2D eigenvalue weighted by atomic mass is 10.1. The maximum absolute atomic E-state index is 9.41. The first kappa shape index (κ1) is 13.8. The standard InChI is InChI=1S/C13H17BrN4O2/c1-13(2)8-18(5-9(7-19)20-13)12-11-15-3-4-17(11)6-10(14)16-12/h3-4,6,9,19H,5,7-8H2,1-2H3. The van der Waals surface area contributed by atoms with Gasteiger partial charge in [-0.2, -0.15) is 0 Å². The van der Waals surface area contributed by atoms with Gasteiger partial charge < -0.3 is 19.1 Å². The fraction of sp³-hybridized carbons (Fsp3) is 0.538. The lowest BCUT2D eigenvalue weighted by Gasteiger charge is -2.42. The summed E-state index contributed by atoms with van der Waals surface area (Å²) in [5, 5.41) is 9.41. The van der Waals surface area contributed by atoms with Crippen LogP contribution in [0.4, 0.5) is 5.82 Å². The minimum Gasteiger partial charge on any atom is -0.394 e. The molecule has 2 aromatic heterocycles. The second kappa shape index (κ2) is 4.98. The molecule has 0 aromatic carbocycles. The van der Waals surface area contributed by atoms with Crippen molar-refractivity contribution in [3.63, 3.8) is 0 Å². The van der Waals surface area contributed by atoms with E-state index in [4.69, 9.17) is 4.74 Å². The van der Waals surface area contributed by atoms with Crippen LogP contribution in [0.1, 0.15) is 13.8 Å². The molecule has 2 aromatic rings. The third-order valence-electron chi connectivity index (χ3n) is 3.31. The van der Waals surface area contributed by atoms with E-state index >= 15 is 0 Å². The van der Waals surface area contributed by atoms with Crippen LogP contribution in [0.25, 0.3) is 5.65 Å². The first-order chi connectivity index (χ1) is 9.48. The molecule has 20 heavy (non-hydrogen) atoms. The molecule has 0 bridgehead atoms. The van der Waals surface area contributed by atoms with Crippen molar-refractivity contribution in [3.8, 4) is 0 Å². The van der Waals surface area contributed by atoms with E-state index in [1.165, 1.54) is 0 Å². The largest absolute Gasteiger partial charge is 0.394 e. The number of hydrogen-bond acceptors (Lipinski definition) is 5. The maximum atomic E-state index is 9.41. The molecule has 6 nitrogen and oxygen atoms in total. The second-order valence-corrected chi connectivity index (χ2v) is 6.42. The van der Waals surface area contributed by atoms with Crippen LogP contribution < -0.4 is 4.90 Å². The van der Waals surface area contributed by atoms with E-state index in [2.05, 4.69) is 30.8 Å². The normalized spacial score (nSPS) is 22.4. The number of aromatic nitrogens is 3. The highest BCUT2D eigenvalue weighted by Crippen LogP contribution is 2.28. The molecule has 0 saturated carbocycles. The molecule has 3 rings (SSSR count). The molecule has 108 valence electrons. The Hall–Kier alpha value is -1.18. The zero-order valence-electron chi connectivity index (χ0n) is 11.5. The van der Waals surface area contributed by atoms with E-state index in [-0.39, 0.29) is 18.3 Å². The molecule has 1 fully saturated rings. The highest BCUT2D eigenvalue weighted by Gasteiger charge is 2.34. The average Bonchev–Trinajstić information content (AvgIpc) is 2.83. The molecule has 1 aliphatic rings. The van der Waals surface area contributed by atoms with Gasteiger partial charge in [0.1, 0.15) is 4.60 Å². The Morgan fingerprint density at radius 1 is 1.55 bits per heavy atom. The van der Waals surface area contributed by atoms with Crippen molar-refractivity contribution < 1.29 is 9.84 Å². The van der Waals surface area contributed by atoms with Crippen LogP contribution >= 0.6 is 15.9 Å². The van der Waals surface area contributed by atoms with Crippen molar-refractivity contribution >= 4 is 27.4 Å². The first-order valence-electron chi connectivity index (χ1n) is 6.51. The molecule has 3 heterocycles. The van der Waals surface area contributed by atoms with Gasteiger partial charge in [-0.05, 0) is 29.8 Å². The summed E-state index contributed by atoms with van der Waals surface area (Å²) in [6, 6.07) is 0. The SMILES string of the molecule is CC1(C)CN(c2nc(Br)cn3ccnc23)CC(CO)O1. The zero-order valence-corrected chi connectivity index (χ0v) is 13.0. The van der Waals surface area contributed by atoms with Crippen molar-refractivity contribution in [1.82, 2.24) is 14.4 Å². The summed E-state index contributed by atoms with van der Waals surface area (Å²) in [4.78, 5) is 11.0. The van der Waals surface area contributed by atoms with Gasteiger partial charge in [-0.1, -0.05) is 0 Å². The van der Waals surface area contributed by atoms with Crippen LogP contribution in [0.2, 0.25) is 0 Å². The molecule has 1 N–H and O–H groups in total. The minimum absolute atomic E-state index is 0.00133. The fourth-order valence-corrected chi connectivity index (χ4v) is 3.04. The summed E-state index contributed by atoms with van der Waals surface area (Å²) in [5.74, 6) is 0.805. The van der Waals surface area contributed by atoms with Crippen LogP contribution in [0.5, 0.6) is 0 Å². The van der Waals surface area contributed by atoms with E-state index in [0.717, 1.165) is 16.1 Å². The van der Waals surface area contributed by atoms with Crippen LogP contribution in [0, 0.1) is 0 Å². The molecule has 1 saturated heterocycles. The highest BCUT2D eigenvalue weighted by atomic mass is 79.9. The second-order valence-electron chi connectivity index (χ2n) is 5.61. The number of rotatable bonds is 2. The Balaban J connectivity index is 2.03. The van der Waals surface area contributed by atoms with Gasteiger partial charge in [0.2, 0.25) is 0 Å². The van der Waals surface area contributed by atoms with Gasteiger partial charge in [0, 0.05) is 31.7 Å². The Kier molecular flexibility index (Phi) is 3.43. The number of morpholine rings is 1. The molecule has 1 unspecified atom stereocenters. The Morgan fingerprint density at radius 3 is 3.10 bits per heavy atom. The average molecular weight is 341 g/mol. The number of nitrogens with zero attached hydrogens (tertiary/aromatic N) is 4. The van der Waals surface area contributed by atoms with Gasteiger partial charge in [0.25, 0.3) is 0 Å². The summed E-state index contributed by atoms with van der Waals surface area (Å²) < 4.78 is 8.53. The molecule has 1 aliphatic heterocycles. The lowest BCUT2D eigenvalue weighted by Crippen LogP contribution is -2.54. The molecule has 0 radical (unpaired) electrons.